The Morgan fingerprint density at radius 2 is 0.714 bits per heavy atom. The standard InChI is InChI=1S/C59H90Br6N4O22/c1-35(60)42(72)85-28-56(12,29-86-46(76)51(2,3)61)43(73)66-25-59(26-67-44(74)57(13,30-87-47(77)52(4,5)62)31-88-48(78)53(6,7)63,27-68-45(75)58(14,32-89-49(79)54(8,9)64)33-90-50(80)55(10,11)65)34-84-24-23-83-22-21-82-20-19-81-18-17-69-40(70)38-36-15-16-37(91-36)39(38)41(69)71/h35-37,70-71H,15-34H2,1-14H3,(H,66,73)(H,67,74)(H,68,75). The lowest BCUT2D eigenvalue weighted by Crippen LogP contribution is -2.59. The fourth-order valence-corrected chi connectivity index (χ4v) is 8.98. The van der Waals surface area contributed by atoms with Crippen LogP contribution >= 0.6 is 95.6 Å². The first-order valence-electron chi connectivity index (χ1n) is 29.3. The zero-order valence-electron chi connectivity index (χ0n) is 54.1. The predicted octanol–water partition coefficient (Wildman–Crippen LogP) is 7.14. The summed E-state index contributed by atoms with van der Waals surface area (Å²) in [6, 6.07) is 0. The summed E-state index contributed by atoms with van der Waals surface area (Å²) in [6.45, 7) is 16.3. The average molecular weight is 1690 g/mol. The highest BCUT2D eigenvalue weighted by Gasteiger charge is 2.48. The van der Waals surface area contributed by atoms with Crippen LogP contribution < -0.4 is 16.0 Å². The van der Waals surface area contributed by atoms with Gasteiger partial charge in [-0.05, 0) is 110 Å². The van der Waals surface area contributed by atoms with Crippen LogP contribution in [0.1, 0.15) is 133 Å². The van der Waals surface area contributed by atoms with Gasteiger partial charge in [-0.25, -0.2) is 0 Å². The second-order valence-corrected chi connectivity index (χ2v) is 37.2. The van der Waals surface area contributed by atoms with E-state index in [2.05, 4.69) is 112 Å². The number of fused-ring (bicyclic) bond motifs is 5. The van der Waals surface area contributed by atoms with Gasteiger partial charge in [0.2, 0.25) is 17.7 Å². The number of aromatic hydroxyl groups is 2. The first-order valence-corrected chi connectivity index (χ1v) is 34.2. The summed E-state index contributed by atoms with van der Waals surface area (Å²) in [7, 11) is 0. The number of nitrogens with zero attached hydrogens (tertiary/aromatic N) is 1. The molecule has 0 aromatic carbocycles. The monoisotopic (exact) mass is 1680 g/mol. The van der Waals surface area contributed by atoms with E-state index in [0.29, 0.717) is 11.1 Å². The quantitative estimate of drug-likeness (QED) is 0.0188. The number of alkyl halides is 6. The highest BCUT2D eigenvalue weighted by molar-refractivity contribution is 9.11. The Labute approximate surface area is 582 Å². The maximum atomic E-state index is 14.8. The van der Waals surface area contributed by atoms with Gasteiger partial charge in [-0.3, -0.25) is 47.7 Å². The molecular formula is C59H90Br6N4O22. The van der Waals surface area contributed by atoms with Gasteiger partial charge >= 0.3 is 35.8 Å². The topological polar surface area (TPSA) is 337 Å². The van der Waals surface area contributed by atoms with E-state index >= 15 is 0 Å². The Morgan fingerprint density at radius 3 is 0.989 bits per heavy atom. The number of halogens is 6. The highest BCUT2D eigenvalue weighted by atomic mass is 79.9. The Bertz CT molecular complexity index is 2510. The van der Waals surface area contributed by atoms with Gasteiger partial charge in [-0.1, -0.05) is 95.6 Å². The maximum absolute atomic E-state index is 14.8. The third-order valence-corrected chi connectivity index (χ3v) is 16.3. The van der Waals surface area contributed by atoms with Crippen LogP contribution in [0.15, 0.2) is 0 Å². The van der Waals surface area contributed by atoms with Crippen LogP contribution in [-0.4, -0.2) is 207 Å². The van der Waals surface area contributed by atoms with Crippen molar-refractivity contribution in [2.45, 2.75) is 155 Å². The molecule has 0 saturated carbocycles. The molecule has 4 unspecified atom stereocenters. The minimum atomic E-state index is -1.81. The number of rotatable bonds is 41. The first kappa shape index (κ1) is 82.0. The average Bonchev–Trinajstić information content (AvgIpc) is 1.58. The molecular weight excluding hydrogens is 1600 g/mol. The largest absolute Gasteiger partial charge is 0.494 e. The number of carbonyl (C=O) groups is 9. The fourth-order valence-electron chi connectivity index (χ4n) is 8.27. The lowest BCUT2D eigenvalue weighted by Gasteiger charge is -2.38. The number of aromatic nitrogens is 1. The van der Waals surface area contributed by atoms with Crippen LogP contribution in [0.2, 0.25) is 0 Å². The van der Waals surface area contributed by atoms with E-state index in [9.17, 15) is 53.4 Å². The molecule has 4 atom stereocenters. The van der Waals surface area contributed by atoms with Crippen molar-refractivity contribution in [3.8, 4) is 11.8 Å². The lowest BCUT2D eigenvalue weighted by atomic mass is 9.84. The molecule has 0 aliphatic carbocycles. The molecule has 91 heavy (non-hydrogen) atoms. The first-order chi connectivity index (χ1) is 41.7. The van der Waals surface area contributed by atoms with E-state index in [4.69, 9.17) is 52.1 Å². The second-order valence-electron chi connectivity index (χ2n) is 25.9. The summed E-state index contributed by atoms with van der Waals surface area (Å²) >= 11 is 19.5. The van der Waals surface area contributed by atoms with Crippen LogP contribution in [0, 0.1) is 21.7 Å². The molecule has 32 heteroatoms. The van der Waals surface area contributed by atoms with Crippen LogP contribution in [0.5, 0.6) is 11.8 Å². The molecule has 1 aromatic rings. The molecule has 1 saturated heterocycles. The highest BCUT2D eigenvalue weighted by Crippen LogP contribution is 2.58. The Kier molecular flexibility index (Phi) is 31.2. The molecule has 1 aromatic heterocycles. The summed E-state index contributed by atoms with van der Waals surface area (Å²) in [5.41, 5.74) is -5.79. The predicted molar refractivity (Wildman–Crippen MR) is 352 cm³/mol. The molecule has 2 aliphatic heterocycles. The van der Waals surface area contributed by atoms with E-state index in [1.54, 1.807) is 0 Å². The normalized spacial score (nSPS) is 16.4. The molecule has 0 radical (unpaired) electrons. The summed E-state index contributed by atoms with van der Waals surface area (Å²) < 4.78 is 58.2. The van der Waals surface area contributed by atoms with E-state index in [1.807, 2.05) is 0 Å². The van der Waals surface area contributed by atoms with Gasteiger partial charge in [0.25, 0.3) is 0 Å². The number of hydrogen-bond donors (Lipinski definition) is 5. The third-order valence-electron chi connectivity index (χ3n) is 14.3. The molecule has 520 valence electrons. The zero-order chi connectivity index (χ0) is 69.4. The number of nitrogens with one attached hydrogen (secondary N) is 3. The van der Waals surface area contributed by atoms with Crippen molar-refractivity contribution >= 4 is 149 Å². The molecule has 3 amide bonds. The van der Waals surface area contributed by atoms with Gasteiger partial charge in [-0.15, -0.1) is 0 Å². The van der Waals surface area contributed by atoms with Gasteiger partial charge in [-0.2, -0.15) is 0 Å². The van der Waals surface area contributed by atoms with E-state index in [0.717, 1.165) is 12.8 Å². The molecule has 3 rings (SSSR count). The molecule has 2 bridgehead atoms. The molecule has 3 heterocycles. The molecule has 0 spiro atoms. The van der Waals surface area contributed by atoms with Crippen molar-refractivity contribution in [1.29, 1.82) is 0 Å². The SMILES string of the molecule is CC(Br)C(=O)OCC(C)(COC(=O)C(C)(C)Br)C(=O)NCC(CNC(=O)C(C)(COC(=O)C(C)(C)Br)COC(=O)C(C)(C)Br)(CNC(=O)C(C)(COC(=O)C(C)(C)Br)COC(=O)C(C)(C)Br)COCCOCCOCCOCCn1c(O)c2c(c1O)C1CCC2O1. The van der Waals surface area contributed by atoms with Crippen molar-refractivity contribution in [2.75, 3.05) is 112 Å². The third kappa shape index (κ3) is 25.4. The molecule has 1 fully saturated rings. The van der Waals surface area contributed by atoms with Crippen LogP contribution in [0.3, 0.4) is 0 Å². The van der Waals surface area contributed by atoms with Crippen LogP contribution in [0.25, 0.3) is 0 Å². The van der Waals surface area contributed by atoms with Crippen molar-refractivity contribution < 1.29 is 105 Å². The number of carbonyl (C=O) groups excluding carboxylic acids is 9. The Hall–Kier alpha value is -3.21. The Balaban J connectivity index is 2.02. The van der Waals surface area contributed by atoms with Crippen molar-refractivity contribution in [2.24, 2.45) is 21.7 Å². The number of esters is 6. The van der Waals surface area contributed by atoms with Gasteiger partial charge in [0.05, 0.1) is 82.7 Å². The van der Waals surface area contributed by atoms with Crippen molar-refractivity contribution in [3.05, 3.63) is 11.1 Å². The Morgan fingerprint density at radius 1 is 0.451 bits per heavy atom. The van der Waals surface area contributed by atoms with Crippen molar-refractivity contribution in [1.82, 2.24) is 20.5 Å². The van der Waals surface area contributed by atoms with Gasteiger partial charge in [0.1, 0.15) is 82.3 Å². The number of ether oxygens (including phenoxy) is 11. The van der Waals surface area contributed by atoms with Crippen molar-refractivity contribution in [3.63, 3.8) is 0 Å². The summed E-state index contributed by atoms with van der Waals surface area (Å²) in [5.74, 6) is -7.08. The summed E-state index contributed by atoms with van der Waals surface area (Å²) in [6.07, 6.45) is 1.12. The zero-order valence-corrected chi connectivity index (χ0v) is 63.7. The van der Waals surface area contributed by atoms with E-state index < -0.39 is 168 Å². The number of amides is 3. The summed E-state index contributed by atoms with van der Waals surface area (Å²) in [4.78, 5) is 122. The number of hydrogen-bond acceptors (Lipinski definition) is 22. The van der Waals surface area contributed by atoms with Gasteiger partial charge in [0, 0.05) is 25.0 Å². The lowest BCUT2D eigenvalue weighted by molar-refractivity contribution is -0.161. The maximum Gasteiger partial charge on any atom is 0.322 e. The van der Waals surface area contributed by atoms with E-state index in [1.165, 1.54) is 101 Å². The molecule has 26 nitrogen and oxygen atoms in total. The summed E-state index contributed by atoms with van der Waals surface area (Å²) in [5, 5.41) is 30.1. The molecule has 5 N–H and O–H groups in total. The van der Waals surface area contributed by atoms with Gasteiger partial charge < -0.3 is 78.3 Å². The molecule has 2 aliphatic rings. The minimum absolute atomic E-state index is 0.0250. The van der Waals surface area contributed by atoms with Crippen LogP contribution in [-0.2, 0) is 102 Å². The van der Waals surface area contributed by atoms with Gasteiger partial charge in [0.15, 0.2) is 11.8 Å². The fraction of sp³-hybridized carbons (Fsp3) is 0.780. The smallest absolute Gasteiger partial charge is 0.322 e. The van der Waals surface area contributed by atoms with E-state index in [-0.39, 0.29) is 76.8 Å². The second kappa shape index (κ2) is 34.6. The minimum Gasteiger partial charge on any atom is -0.494 e. The van der Waals surface area contributed by atoms with Crippen LogP contribution in [0.4, 0.5) is 0 Å².